The normalized spacial score (nSPS) is 11.8. The van der Waals surface area contributed by atoms with Gasteiger partial charge in [0.25, 0.3) is 0 Å². The van der Waals surface area contributed by atoms with E-state index in [0.717, 1.165) is 27.3 Å². The van der Waals surface area contributed by atoms with Crippen LogP contribution in [0.4, 0.5) is 0 Å². The summed E-state index contributed by atoms with van der Waals surface area (Å²) < 4.78 is 7.89. The first kappa shape index (κ1) is 23.6. The van der Waals surface area contributed by atoms with Crippen molar-refractivity contribution in [2.45, 2.75) is 43.0 Å². The van der Waals surface area contributed by atoms with Crippen LogP contribution in [-0.2, 0) is 20.9 Å². The molecule has 3 aromatic rings. The predicted molar refractivity (Wildman–Crippen MR) is 130 cm³/mol. The third kappa shape index (κ3) is 6.72. The number of hydrogen-bond acceptors (Lipinski definition) is 6. The molecule has 0 saturated heterocycles. The fourth-order valence-electron chi connectivity index (χ4n) is 2.96. The Labute approximate surface area is 194 Å². The molecule has 0 aliphatic rings. The van der Waals surface area contributed by atoms with Gasteiger partial charge in [-0.15, -0.1) is 23.5 Å². The molecule has 164 valence electrons. The van der Waals surface area contributed by atoms with Crippen LogP contribution in [0, 0.1) is 6.92 Å². The first-order chi connectivity index (χ1) is 15.0. The second-order valence-electron chi connectivity index (χ2n) is 6.88. The molecule has 2 aromatic carbocycles. The van der Waals surface area contributed by atoms with Gasteiger partial charge in [-0.2, -0.15) is 4.99 Å². The highest BCUT2D eigenvalue weighted by atomic mass is 32.2. The highest BCUT2D eigenvalue weighted by molar-refractivity contribution is 7.99. The van der Waals surface area contributed by atoms with Crippen LogP contribution in [0.5, 0.6) is 0 Å². The van der Waals surface area contributed by atoms with Crippen LogP contribution >= 0.6 is 34.9 Å². The number of carbonyl (C=O) groups excluding carboxylic acids is 2. The summed E-state index contributed by atoms with van der Waals surface area (Å²) in [7, 11) is 0. The van der Waals surface area contributed by atoms with Crippen molar-refractivity contribution in [2.75, 3.05) is 18.6 Å². The molecular weight excluding hydrogens is 448 g/mol. The van der Waals surface area contributed by atoms with Gasteiger partial charge in [-0.1, -0.05) is 29.0 Å². The molecule has 0 N–H and O–H groups in total. The molecule has 8 heteroatoms. The lowest BCUT2D eigenvalue weighted by Gasteiger charge is -2.05. The van der Waals surface area contributed by atoms with Crippen LogP contribution < -0.4 is 4.80 Å². The van der Waals surface area contributed by atoms with Crippen molar-refractivity contribution < 1.29 is 14.3 Å². The zero-order valence-corrected chi connectivity index (χ0v) is 20.4. The fraction of sp³-hybridized carbons (Fsp3) is 0.348. The second-order valence-corrected chi connectivity index (χ2v) is 9.94. The van der Waals surface area contributed by atoms with Gasteiger partial charge in [-0.05, 0) is 62.6 Å². The van der Waals surface area contributed by atoms with Crippen molar-refractivity contribution in [1.82, 2.24) is 4.57 Å². The molecule has 1 heterocycles. The third-order valence-electron chi connectivity index (χ3n) is 4.53. The Morgan fingerprint density at radius 1 is 1.13 bits per heavy atom. The maximum atomic E-state index is 12.5. The maximum absolute atomic E-state index is 12.5. The number of rotatable bonds is 9. The first-order valence-corrected chi connectivity index (χ1v) is 13.1. The molecule has 1 aromatic heterocycles. The van der Waals surface area contributed by atoms with E-state index in [1.165, 1.54) is 21.8 Å². The molecule has 0 atom stereocenters. The quantitative estimate of drug-likeness (QED) is 0.239. The summed E-state index contributed by atoms with van der Waals surface area (Å²) in [6.45, 7) is 4.21. The molecular formula is C23H26N2O3S3. The van der Waals surface area contributed by atoms with Crippen LogP contribution in [-0.4, -0.2) is 35.1 Å². The van der Waals surface area contributed by atoms with Crippen molar-refractivity contribution in [1.29, 1.82) is 0 Å². The van der Waals surface area contributed by atoms with Gasteiger partial charge in [0.05, 0.1) is 16.8 Å². The van der Waals surface area contributed by atoms with E-state index >= 15 is 0 Å². The number of thiazole rings is 1. The van der Waals surface area contributed by atoms with Gasteiger partial charge in [-0.3, -0.25) is 9.59 Å². The number of aryl methyl sites for hydroxylation is 1. The summed E-state index contributed by atoms with van der Waals surface area (Å²) in [6.07, 6.45) is 3.15. The number of benzene rings is 2. The van der Waals surface area contributed by atoms with Crippen LogP contribution in [0.25, 0.3) is 10.2 Å². The number of ether oxygens (including phenoxy) is 1. The average Bonchev–Trinajstić information content (AvgIpc) is 3.08. The van der Waals surface area contributed by atoms with E-state index in [2.05, 4.69) is 42.2 Å². The topological polar surface area (TPSA) is 60.7 Å². The van der Waals surface area contributed by atoms with Crippen molar-refractivity contribution in [3.05, 3.63) is 52.8 Å². The lowest BCUT2D eigenvalue weighted by molar-refractivity contribution is -0.143. The Bertz CT molecular complexity index is 1120. The summed E-state index contributed by atoms with van der Waals surface area (Å²) >= 11 is 4.82. The molecule has 3 rings (SSSR count). The van der Waals surface area contributed by atoms with E-state index in [1.807, 2.05) is 18.4 Å². The smallest absolute Gasteiger partial charge is 0.326 e. The number of amides is 1. The van der Waals surface area contributed by atoms with E-state index in [1.54, 1.807) is 35.0 Å². The van der Waals surface area contributed by atoms with Crippen LogP contribution in [0.3, 0.4) is 0 Å². The monoisotopic (exact) mass is 474 g/mol. The molecule has 0 fully saturated rings. The van der Waals surface area contributed by atoms with Crippen molar-refractivity contribution >= 4 is 57.0 Å². The summed E-state index contributed by atoms with van der Waals surface area (Å²) in [5.74, 6) is 0.356. The highest BCUT2D eigenvalue weighted by Gasteiger charge is 2.13. The van der Waals surface area contributed by atoms with E-state index in [4.69, 9.17) is 4.74 Å². The minimum absolute atomic E-state index is 0.0435. The Morgan fingerprint density at radius 2 is 1.87 bits per heavy atom. The molecule has 0 unspecified atom stereocenters. The maximum Gasteiger partial charge on any atom is 0.326 e. The van der Waals surface area contributed by atoms with Gasteiger partial charge >= 0.3 is 5.97 Å². The molecule has 0 saturated carbocycles. The van der Waals surface area contributed by atoms with Crippen molar-refractivity contribution in [3.8, 4) is 0 Å². The Balaban J connectivity index is 1.73. The van der Waals surface area contributed by atoms with Gasteiger partial charge in [0.2, 0.25) is 5.91 Å². The molecule has 0 aliphatic heterocycles. The van der Waals surface area contributed by atoms with E-state index in [9.17, 15) is 9.59 Å². The van der Waals surface area contributed by atoms with Gasteiger partial charge in [0.1, 0.15) is 6.54 Å². The SMILES string of the molecule is CCOC(=O)Cn1c(=NC(=O)CCCSc2ccc(C)cc2)sc2cc(SC)ccc21. The molecule has 0 radical (unpaired) electrons. The highest BCUT2D eigenvalue weighted by Crippen LogP contribution is 2.24. The standard InChI is InChI=1S/C23H26N2O3S3/c1-4-28-22(27)15-25-19-12-11-18(29-3)14-20(19)31-23(25)24-21(26)6-5-13-30-17-9-7-16(2)8-10-17/h7-12,14H,4-6,13,15H2,1-3H3. The number of esters is 1. The number of thioether (sulfide) groups is 2. The van der Waals surface area contributed by atoms with E-state index in [0.29, 0.717) is 17.8 Å². The molecule has 0 spiro atoms. The minimum atomic E-state index is -0.334. The largest absolute Gasteiger partial charge is 0.465 e. The number of carbonyl (C=O) groups is 2. The van der Waals surface area contributed by atoms with Gasteiger partial charge in [-0.25, -0.2) is 0 Å². The zero-order chi connectivity index (χ0) is 22.2. The predicted octanol–water partition coefficient (Wildman–Crippen LogP) is 5.30. The van der Waals surface area contributed by atoms with E-state index in [-0.39, 0.29) is 18.4 Å². The summed E-state index contributed by atoms with van der Waals surface area (Å²) in [4.78, 5) is 31.9. The van der Waals surface area contributed by atoms with Crippen LogP contribution in [0.2, 0.25) is 0 Å². The lowest BCUT2D eigenvalue weighted by atomic mass is 10.2. The number of fused-ring (bicyclic) bond motifs is 1. The second kappa shape index (κ2) is 11.5. The molecule has 0 aliphatic carbocycles. The number of nitrogens with zero attached hydrogens (tertiary/aromatic N) is 2. The summed E-state index contributed by atoms with van der Waals surface area (Å²) in [5, 5.41) is 0. The fourth-order valence-corrected chi connectivity index (χ4v) is 5.42. The summed E-state index contributed by atoms with van der Waals surface area (Å²) in [5.41, 5.74) is 2.12. The first-order valence-electron chi connectivity index (χ1n) is 10.1. The minimum Gasteiger partial charge on any atom is -0.465 e. The van der Waals surface area contributed by atoms with Crippen LogP contribution in [0.1, 0.15) is 25.3 Å². The zero-order valence-electron chi connectivity index (χ0n) is 17.9. The van der Waals surface area contributed by atoms with Gasteiger partial charge in [0.15, 0.2) is 4.80 Å². The van der Waals surface area contributed by atoms with Crippen LogP contribution in [0.15, 0.2) is 57.2 Å². The molecule has 31 heavy (non-hydrogen) atoms. The Kier molecular flexibility index (Phi) is 8.80. The number of hydrogen-bond donors (Lipinski definition) is 0. The van der Waals surface area contributed by atoms with Crippen molar-refractivity contribution in [2.24, 2.45) is 4.99 Å². The molecule has 5 nitrogen and oxygen atoms in total. The van der Waals surface area contributed by atoms with Gasteiger partial charge < -0.3 is 9.30 Å². The van der Waals surface area contributed by atoms with Crippen molar-refractivity contribution in [3.63, 3.8) is 0 Å². The van der Waals surface area contributed by atoms with Gasteiger partial charge in [0, 0.05) is 16.2 Å². The Morgan fingerprint density at radius 3 is 2.58 bits per heavy atom. The molecule has 1 amide bonds. The third-order valence-corrected chi connectivity index (χ3v) is 7.39. The summed E-state index contributed by atoms with van der Waals surface area (Å²) in [6, 6.07) is 14.4. The lowest BCUT2D eigenvalue weighted by Crippen LogP contribution is -2.23. The van der Waals surface area contributed by atoms with E-state index < -0.39 is 0 Å². The number of aromatic nitrogens is 1. The average molecular weight is 475 g/mol. The Hall–Kier alpha value is -2.03. The molecule has 0 bridgehead atoms.